The van der Waals surface area contributed by atoms with E-state index >= 15 is 0 Å². The van der Waals surface area contributed by atoms with Gasteiger partial charge in [0.15, 0.2) is 0 Å². The second kappa shape index (κ2) is 3.37. The summed E-state index contributed by atoms with van der Waals surface area (Å²) in [4.78, 5) is 11.3. The Morgan fingerprint density at radius 2 is 1.94 bits per heavy atom. The Bertz CT molecular complexity index is 549. The first-order valence-electron chi connectivity index (χ1n) is 5.16. The zero-order valence-electron chi connectivity index (χ0n) is 9.57. The molecule has 0 aliphatic rings. The van der Waals surface area contributed by atoms with Crippen molar-refractivity contribution in [3.8, 4) is 0 Å². The van der Waals surface area contributed by atoms with Crippen molar-refractivity contribution in [2.45, 2.75) is 26.2 Å². The molecule has 0 bridgehead atoms. The minimum absolute atomic E-state index is 0.675. The van der Waals surface area contributed by atoms with Gasteiger partial charge in [0.1, 0.15) is 11.3 Å². The van der Waals surface area contributed by atoms with E-state index in [1.807, 2.05) is 24.3 Å². The molecule has 2 rings (SSSR count). The Morgan fingerprint density at radius 1 is 1.31 bits per heavy atom. The number of aryl methyl sites for hydroxylation is 1. The third-order valence-electron chi connectivity index (χ3n) is 2.93. The third kappa shape index (κ3) is 1.40. The highest BCUT2D eigenvalue weighted by molar-refractivity contribution is 5.91. The normalized spacial score (nSPS) is 11.9. The molecule has 0 spiro atoms. The van der Waals surface area contributed by atoms with Crippen LogP contribution in [-0.2, 0) is 10.2 Å². The van der Waals surface area contributed by atoms with Gasteiger partial charge in [0.25, 0.3) is 0 Å². The zero-order valence-corrected chi connectivity index (χ0v) is 9.57. The average Bonchev–Trinajstić information content (AvgIpc) is 2.53. The van der Waals surface area contributed by atoms with E-state index in [1.165, 1.54) is 0 Å². The van der Waals surface area contributed by atoms with Gasteiger partial charge >= 0.3 is 5.97 Å². The van der Waals surface area contributed by atoms with Crippen LogP contribution in [0.15, 0.2) is 28.7 Å². The molecule has 3 nitrogen and oxygen atoms in total. The molecule has 1 aromatic carbocycles. The largest absolute Gasteiger partial charge is 0.481 e. The summed E-state index contributed by atoms with van der Waals surface area (Å²) in [5.74, 6) is -0.171. The van der Waals surface area contributed by atoms with Gasteiger partial charge in [-0.1, -0.05) is 18.2 Å². The number of furan rings is 1. The van der Waals surface area contributed by atoms with Crippen molar-refractivity contribution >= 4 is 16.9 Å². The predicted octanol–water partition coefficient (Wildman–Crippen LogP) is 3.10. The van der Waals surface area contributed by atoms with Gasteiger partial charge < -0.3 is 9.52 Å². The average molecular weight is 218 g/mol. The van der Waals surface area contributed by atoms with E-state index in [0.717, 1.165) is 16.5 Å². The lowest BCUT2D eigenvalue weighted by molar-refractivity contribution is -0.142. The predicted molar refractivity (Wildman–Crippen MR) is 61.6 cm³/mol. The molecule has 16 heavy (non-hydrogen) atoms. The number of benzene rings is 1. The Balaban J connectivity index is 2.78. The molecule has 0 amide bonds. The molecular formula is C13H14O3. The molecule has 2 aromatic rings. The van der Waals surface area contributed by atoms with Crippen molar-refractivity contribution in [3.63, 3.8) is 0 Å². The second-order valence-corrected chi connectivity index (χ2v) is 4.46. The number of rotatable bonds is 2. The Morgan fingerprint density at radius 3 is 2.56 bits per heavy atom. The summed E-state index contributed by atoms with van der Waals surface area (Å²) >= 11 is 0. The number of fused-ring (bicyclic) bond motifs is 1. The highest BCUT2D eigenvalue weighted by Crippen LogP contribution is 2.35. The van der Waals surface area contributed by atoms with Gasteiger partial charge in [0.2, 0.25) is 0 Å². The standard InChI is InChI=1S/C13H14O3/c1-8-11(13(2,3)12(14)15)9-6-4-5-7-10(9)16-8/h4-7H,1-3H3,(H,14,15). The van der Waals surface area contributed by atoms with Crippen LogP contribution in [0.25, 0.3) is 11.0 Å². The minimum atomic E-state index is -0.934. The van der Waals surface area contributed by atoms with Crippen LogP contribution in [0.4, 0.5) is 0 Å². The van der Waals surface area contributed by atoms with Gasteiger partial charge in [0, 0.05) is 10.9 Å². The van der Waals surface area contributed by atoms with E-state index < -0.39 is 11.4 Å². The zero-order chi connectivity index (χ0) is 11.9. The fourth-order valence-electron chi connectivity index (χ4n) is 2.05. The summed E-state index contributed by atoms with van der Waals surface area (Å²) in [6, 6.07) is 7.51. The summed E-state index contributed by atoms with van der Waals surface area (Å²) in [6.45, 7) is 5.19. The van der Waals surface area contributed by atoms with Crippen molar-refractivity contribution in [2.24, 2.45) is 0 Å². The van der Waals surface area contributed by atoms with Gasteiger partial charge in [-0.25, -0.2) is 0 Å². The van der Waals surface area contributed by atoms with Crippen molar-refractivity contribution < 1.29 is 14.3 Å². The van der Waals surface area contributed by atoms with Crippen LogP contribution in [0.1, 0.15) is 25.2 Å². The molecule has 0 unspecified atom stereocenters. The maximum absolute atomic E-state index is 11.3. The molecule has 0 saturated heterocycles. The SMILES string of the molecule is Cc1oc2ccccc2c1C(C)(C)C(=O)O. The molecule has 1 N–H and O–H groups in total. The summed E-state index contributed by atoms with van der Waals surface area (Å²) in [7, 11) is 0. The lowest BCUT2D eigenvalue weighted by Gasteiger charge is -2.18. The van der Waals surface area contributed by atoms with Crippen LogP contribution in [0.3, 0.4) is 0 Å². The number of carboxylic acids is 1. The molecule has 3 heteroatoms. The number of carboxylic acid groups (broad SMARTS) is 1. The van der Waals surface area contributed by atoms with Gasteiger partial charge in [-0.15, -0.1) is 0 Å². The number of hydrogen-bond acceptors (Lipinski definition) is 2. The lowest BCUT2D eigenvalue weighted by Crippen LogP contribution is -2.28. The minimum Gasteiger partial charge on any atom is -0.481 e. The lowest BCUT2D eigenvalue weighted by atomic mass is 9.83. The summed E-state index contributed by atoms with van der Waals surface area (Å²) < 4.78 is 5.57. The molecule has 0 aliphatic carbocycles. The van der Waals surface area contributed by atoms with E-state index in [-0.39, 0.29) is 0 Å². The van der Waals surface area contributed by atoms with E-state index in [2.05, 4.69) is 0 Å². The fraction of sp³-hybridized carbons (Fsp3) is 0.308. The van der Waals surface area contributed by atoms with E-state index in [0.29, 0.717) is 5.76 Å². The first kappa shape index (κ1) is 10.7. The van der Waals surface area contributed by atoms with E-state index in [4.69, 9.17) is 4.42 Å². The van der Waals surface area contributed by atoms with E-state index in [9.17, 15) is 9.90 Å². The number of para-hydroxylation sites is 1. The maximum atomic E-state index is 11.3. The van der Waals surface area contributed by atoms with Gasteiger partial charge in [-0.2, -0.15) is 0 Å². The molecular weight excluding hydrogens is 204 g/mol. The first-order valence-corrected chi connectivity index (χ1v) is 5.16. The quantitative estimate of drug-likeness (QED) is 0.842. The third-order valence-corrected chi connectivity index (χ3v) is 2.93. The van der Waals surface area contributed by atoms with Crippen LogP contribution in [0.5, 0.6) is 0 Å². The van der Waals surface area contributed by atoms with Crippen molar-refractivity contribution in [2.75, 3.05) is 0 Å². The number of hydrogen-bond donors (Lipinski definition) is 1. The maximum Gasteiger partial charge on any atom is 0.313 e. The highest BCUT2D eigenvalue weighted by atomic mass is 16.4. The summed E-state index contributed by atoms with van der Waals surface area (Å²) in [5, 5.41) is 10.1. The van der Waals surface area contributed by atoms with Crippen LogP contribution in [-0.4, -0.2) is 11.1 Å². The second-order valence-electron chi connectivity index (χ2n) is 4.46. The van der Waals surface area contributed by atoms with Crippen LogP contribution < -0.4 is 0 Å². The molecule has 84 valence electrons. The molecule has 1 aromatic heterocycles. The molecule has 0 aliphatic heterocycles. The van der Waals surface area contributed by atoms with Gasteiger partial charge in [0.05, 0.1) is 5.41 Å². The Hall–Kier alpha value is -1.77. The molecule has 0 fully saturated rings. The first-order chi connectivity index (χ1) is 7.44. The van der Waals surface area contributed by atoms with Crippen molar-refractivity contribution in [1.29, 1.82) is 0 Å². The van der Waals surface area contributed by atoms with Crippen molar-refractivity contribution in [3.05, 3.63) is 35.6 Å². The summed E-state index contributed by atoms with van der Waals surface area (Å²) in [6.07, 6.45) is 0. The van der Waals surface area contributed by atoms with Crippen LogP contribution in [0, 0.1) is 6.92 Å². The Kier molecular flexibility index (Phi) is 2.26. The van der Waals surface area contributed by atoms with Gasteiger partial charge in [-0.05, 0) is 26.8 Å². The number of aliphatic carboxylic acids is 1. The molecule has 1 heterocycles. The Labute approximate surface area is 93.7 Å². The van der Waals surface area contributed by atoms with Gasteiger partial charge in [-0.3, -0.25) is 4.79 Å². The molecule has 0 atom stereocenters. The molecule has 0 saturated carbocycles. The summed E-state index contributed by atoms with van der Waals surface area (Å²) in [5.41, 5.74) is 0.566. The monoisotopic (exact) mass is 218 g/mol. The highest BCUT2D eigenvalue weighted by Gasteiger charge is 2.34. The van der Waals surface area contributed by atoms with Crippen LogP contribution >= 0.6 is 0 Å². The van der Waals surface area contributed by atoms with Crippen LogP contribution in [0.2, 0.25) is 0 Å². The van der Waals surface area contributed by atoms with Crippen molar-refractivity contribution in [1.82, 2.24) is 0 Å². The topological polar surface area (TPSA) is 50.4 Å². The van der Waals surface area contributed by atoms with E-state index in [1.54, 1.807) is 20.8 Å². The fourth-order valence-corrected chi connectivity index (χ4v) is 2.05. The number of carbonyl (C=O) groups is 1. The smallest absolute Gasteiger partial charge is 0.313 e. The molecule has 0 radical (unpaired) electrons.